The van der Waals surface area contributed by atoms with Crippen LogP contribution in [0.2, 0.25) is 0 Å². The van der Waals surface area contributed by atoms with Crippen molar-refractivity contribution in [1.82, 2.24) is 14.8 Å². The highest BCUT2D eigenvalue weighted by Crippen LogP contribution is 2.43. The Labute approximate surface area is 263 Å². The van der Waals surface area contributed by atoms with Gasteiger partial charge in [-0.1, -0.05) is 36.4 Å². The van der Waals surface area contributed by atoms with Gasteiger partial charge in [-0.2, -0.15) is 8.78 Å². The Morgan fingerprint density at radius 3 is 2.29 bits per heavy atom. The number of carbonyl (C=O) groups is 2. The molecule has 1 aliphatic rings. The molecule has 1 fully saturated rings. The van der Waals surface area contributed by atoms with Gasteiger partial charge in [0.25, 0.3) is 5.91 Å². The Hall–Kier alpha value is -4.41. The van der Waals surface area contributed by atoms with E-state index in [0.717, 1.165) is 47.4 Å². The second kappa shape index (κ2) is 16.1. The van der Waals surface area contributed by atoms with Crippen LogP contribution < -0.4 is 14.2 Å². The van der Waals surface area contributed by atoms with E-state index in [4.69, 9.17) is 18.9 Å². The maximum atomic E-state index is 15.7. The summed E-state index contributed by atoms with van der Waals surface area (Å²) in [5.41, 5.74) is 1.64. The molecule has 1 saturated heterocycles. The number of benzene rings is 2. The third kappa shape index (κ3) is 8.61. The predicted molar refractivity (Wildman–Crippen MR) is 165 cm³/mol. The SMILES string of the molecule is COc1cc(C(F)(F)C(=O)N2CCC[C@H]2COC(=O)N(CCCCc2cccnc2)CCc2ccccc2)cc(OC)c1OC. The monoisotopic (exact) mass is 625 g/mol. The fourth-order valence-corrected chi connectivity index (χ4v) is 5.48. The van der Waals surface area contributed by atoms with Crippen LogP contribution in [-0.2, 0) is 28.3 Å². The topological polar surface area (TPSA) is 90.4 Å². The maximum Gasteiger partial charge on any atom is 0.409 e. The van der Waals surface area contributed by atoms with Gasteiger partial charge in [0, 0.05) is 37.6 Å². The number of ether oxygens (including phenoxy) is 4. The molecule has 0 bridgehead atoms. The molecule has 1 aliphatic heterocycles. The molecule has 11 heteroatoms. The number of pyridine rings is 1. The van der Waals surface area contributed by atoms with Gasteiger partial charge >= 0.3 is 12.0 Å². The lowest BCUT2D eigenvalue weighted by Gasteiger charge is -2.30. The number of methoxy groups -OCH3 is 3. The highest BCUT2D eigenvalue weighted by molar-refractivity contribution is 5.86. The molecule has 3 aromatic rings. The summed E-state index contributed by atoms with van der Waals surface area (Å²) in [5, 5.41) is 0. The summed E-state index contributed by atoms with van der Waals surface area (Å²) in [6.45, 7) is 0.890. The number of aromatic nitrogens is 1. The van der Waals surface area contributed by atoms with Crippen LogP contribution in [-0.4, -0.2) is 80.4 Å². The number of rotatable bonds is 15. The zero-order valence-electron chi connectivity index (χ0n) is 26.0. The van der Waals surface area contributed by atoms with Gasteiger partial charge in [-0.05, 0) is 67.9 Å². The second-order valence-corrected chi connectivity index (χ2v) is 10.9. The molecule has 1 aromatic heterocycles. The lowest BCUT2D eigenvalue weighted by atomic mass is 10.0. The number of likely N-dealkylation sites (tertiary alicyclic amines) is 1. The molecule has 242 valence electrons. The first-order chi connectivity index (χ1) is 21.8. The molecular weight excluding hydrogens is 584 g/mol. The zero-order valence-corrected chi connectivity index (χ0v) is 26.0. The lowest BCUT2D eigenvalue weighted by Crippen LogP contribution is -2.47. The third-order valence-electron chi connectivity index (χ3n) is 7.97. The summed E-state index contributed by atoms with van der Waals surface area (Å²) in [6, 6.07) is 15.2. The van der Waals surface area contributed by atoms with Crippen molar-refractivity contribution < 1.29 is 37.3 Å². The van der Waals surface area contributed by atoms with Crippen LogP contribution in [0.4, 0.5) is 13.6 Å². The summed E-state index contributed by atoms with van der Waals surface area (Å²) < 4.78 is 52.6. The van der Waals surface area contributed by atoms with Crippen LogP contribution in [0.1, 0.15) is 42.4 Å². The van der Waals surface area contributed by atoms with Crippen LogP contribution in [0, 0.1) is 0 Å². The van der Waals surface area contributed by atoms with Crippen molar-refractivity contribution in [2.45, 2.75) is 50.5 Å². The van der Waals surface area contributed by atoms with Gasteiger partial charge in [0.05, 0.1) is 27.4 Å². The highest BCUT2D eigenvalue weighted by atomic mass is 19.3. The Kier molecular flexibility index (Phi) is 11.9. The number of halogens is 2. The number of hydrogen-bond acceptors (Lipinski definition) is 7. The zero-order chi connectivity index (χ0) is 32.2. The Morgan fingerprint density at radius 1 is 0.933 bits per heavy atom. The first kappa shape index (κ1) is 33.5. The molecule has 0 spiro atoms. The summed E-state index contributed by atoms with van der Waals surface area (Å²) in [4.78, 5) is 33.5. The number of alkyl halides is 2. The van der Waals surface area contributed by atoms with Gasteiger partial charge in [-0.3, -0.25) is 9.78 Å². The minimum atomic E-state index is -3.88. The summed E-state index contributed by atoms with van der Waals surface area (Å²) >= 11 is 0. The molecule has 4 rings (SSSR count). The minimum absolute atomic E-state index is 0.0160. The summed E-state index contributed by atoms with van der Waals surface area (Å²) in [7, 11) is 4.00. The lowest BCUT2D eigenvalue weighted by molar-refractivity contribution is -0.160. The average Bonchev–Trinajstić information content (AvgIpc) is 3.55. The molecule has 1 atom stereocenters. The van der Waals surface area contributed by atoms with E-state index < -0.39 is 29.5 Å². The van der Waals surface area contributed by atoms with Crippen molar-refractivity contribution in [3.63, 3.8) is 0 Å². The summed E-state index contributed by atoms with van der Waals surface area (Å²) in [5.74, 6) is -5.07. The molecule has 0 radical (unpaired) electrons. The first-order valence-corrected chi connectivity index (χ1v) is 15.1. The molecular formula is C34H41F2N3O6. The molecule has 45 heavy (non-hydrogen) atoms. The second-order valence-electron chi connectivity index (χ2n) is 10.9. The normalized spacial score (nSPS) is 14.6. The van der Waals surface area contributed by atoms with E-state index in [-0.39, 0.29) is 30.4 Å². The van der Waals surface area contributed by atoms with E-state index >= 15 is 8.78 Å². The molecule has 2 amide bonds. The van der Waals surface area contributed by atoms with E-state index in [0.29, 0.717) is 32.4 Å². The molecule has 0 saturated carbocycles. The van der Waals surface area contributed by atoms with E-state index in [9.17, 15) is 9.59 Å². The standard InChI is InChI=1S/C34H41F2N3O6/c1-42-29-21-27(22-30(43-2)31(29)44-3)34(35,36)32(40)39-19-10-15-28(39)24-45-33(41)38(20-16-25-11-5-4-6-12-25)18-8-7-13-26-14-9-17-37-23-26/h4-6,9,11-12,14,17,21-23,28H,7-8,10,13,15-16,18-20,24H2,1-3H3/t28-/m0/s1. The van der Waals surface area contributed by atoms with E-state index in [1.807, 2.05) is 48.7 Å². The highest BCUT2D eigenvalue weighted by Gasteiger charge is 2.48. The quantitative estimate of drug-likeness (QED) is 0.195. The summed E-state index contributed by atoms with van der Waals surface area (Å²) in [6.07, 6.45) is 7.12. The van der Waals surface area contributed by atoms with Crippen LogP contribution in [0.25, 0.3) is 0 Å². The number of hydrogen-bond donors (Lipinski definition) is 0. The van der Waals surface area contributed by atoms with Crippen molar-refractivity contribution in [1.29, 1.82) is 0 Å². The van der Waals surface area contributed by atoms with Crippen molar-refractivity contribution >= 4 is 12.0 Å². The number of unbranched alkanes of at least 4 members (excludes halogenated alkanes) is 1. The smallest absolute Gasteiger partial charge is 0.409 e. The van der Waals surface area contributed by atoms with Crippen molar-refractivity contribution in [2.24, 2.45) is 0 Å². The molecule has 9 nitrogen and oxygen atoms in total. The average molecular weight is 626 g/mol. The van der Waals surface area contributed by atoms with E-state index in [1.165, 1.54) is 21.3 Å². The van der Waals surface area contributed by atoms with Crippen LogP contribution in [0.5, 0.6) is 17.2 Å². The molecule has 0 aliphatic carbocycles. The largest absolute Gasteiger partial charge is 0.493 e. The van der Waals surface area contributed by atoms with Gasteiger partial charge in [-0.15, -0.1) is 0 Å². The number of amides is 2. The number of nitrogens with zero attached hydrogens (tertiary/aromatic N) is 3. The van der Waals surface area contributed by atoms with Crippen molar-refractivity contribution in [3.05, 3.63) is 83.7 Å². The predicted octanol–water partition coefficient (Wildman–Crippen LogP) is 5.89. The van der Waals surface area contributed by atoms with Crippen molar-refractivity contribution in [2.75, 3.05) is 47.6 Å². The minimum Gasteiger partial charge on any atom is -0.493 e. The van der Waals surface area contributed by atoms with Gasteiger partial charge in [0.2, 0.25) is 5.75 Å². The van der Waals surface area contributed by atoms with Crippen molar-refractivity contribution in [3.8, 4) is 17.2 Å². The fraction of sp³-hybridized carbons (Fsp3) is 0.441. The number of aryl methyl sites for hydroxylation is 1. The maximum absolute atomic E-state index is 15.7. The molecule has 2 heterocycles. The van der Waals surface area contributed by atoms with Gasteiger partial charge < -0.3 is 28.7 Å². The van der Waals surface area contributed by atoms with Crippen LogP contribution in [0.15, 0.2) is 67.0 Å². The molecule has 0 unspecified atom stereocenters. The Morgan fingerprint density at radius 2 is 1.64 bits per heavy atom. The Bertz CT molecular complexity index is 1370. The van der Waals surface area contributed by atoms with Gasteiger partial charge in [0.1, 0.15) is 6.61 Å². The first-order valence-electron chi connectivity index (χ1n) is 15.1. The van der Waals surface area contributed by atoms with Gasteiger partial charge in [0.15, 0.2) is 11.5 Å². The fourth-order valence-electron chi connectivity index (χ4n) is 5.48. The van der Waals surface area contributed by atoms with Gasteiger partial charge in [-0.25, -0.2) is 4.79 Å². The van der Waals surface area contributed by atoms with E-state index in [2.05, 4.69) is 4.98 Å². The molecule has 2 aromatic carbocycles. The number of carbonyl (C=O) groups excluding carboxylic acids is 2. The van der Waals surface area contributed by atoms with Crippen LogP contribution in [0.3, 0.4) is 0 Å². The third-order valence-corrected chi connectivity index (χ3v) is 7.97. The van der Waals surface area contributed by atoms with Crippen LogP contribution >= 0.6 is 0 Å². The molecule has 0 N–H and O–H groups in total. The van der Waals surface area contributed by atoms with E-state index in [1.54, 1.807) is 11.1 Å². The Balaban J connectivity index is 1.40.